The van der Waals surface area contributed by atoms with Crippen molar-refractivity contribution in [1.82, 2.24) is 0 Å². The van der Waals surface area contributed by atoms with Gasteiger partial charge in [0.2, 0.25) is 9.84 Å². The van der Waals surface area contributed by atoms with Crippen LogP contribution in [0, 0.1) is 0 Å². The van der Waals surface area contributed by atoms with Gasteiger partial charge in [0.1, 0.15) is 0 Å². The van der Waals surface area contributed by atoms with Gasteiger partial charge in [-0.25, -0.2) is 17.2 Å². The van der Waals surface area contributed by atoms with Crippen molar-refractivity contribution < 1.29 is 43.5 Å². The summed E-state index contributed by atoms with van der Waals surface area (Å²) >= 11 is 0. The van der Waals surface area contributed by atoms with Crippen LogP contribution in [0.3, 0.4) is 0 Å². The molecule has 0 saturated heterocycles. The van der Waals surface area contributed by atoms with Gasteiger partial charge in [0.15, 0.2) is 0 Å². The van der Waals surface area contributed by atoms with Crippen LogP contribution in [0.2, 0.25) is 0 Å². The largest absolute Gasteiger partial charge is 0.416 e. The first-order chi connectivity index (χ1) is 12.0. The van der Waals surface area contributed by atoms with Gasteiger partial charge in [-0.05, 0) is 30.3 Å². The molecule has 0 radical (unpaired) electrons. The molecule has 2 nitrogen and oxygen atoms in total. The van der Waals surface area contributed by atoms with Crippen LogP contribution in [0.15, 0.2) is 52.3 Å². The maximum absolute atomic E-state index is 13.4. The Balaban J connectivity index is 2.68. The van der Waals surface area contributed by atoms with Crippen LogP contribution in [0.5, 0.6) is 0 Å². The van der Waals surface area contributed by atoms with E-state index in [0.29, 0.717) is 18.2 Å². The summed E-state index contributed by atoms with van der Waals surface area (Å²) in [5.41, 5.74) is -4.66. The minimum absolute atomic E-state index is 0.0116. The van der Waals surface area contributed by atoms with E-state index in [1.165, 1.54) is 0 Å². The Hall–Kier alpha value is -2.17. The minimum Gasteiger partial charge on any atom is -0.219 e. The minimum atomic E-state index is -5.30. The van der Waals surface area contributed by atoms with E-state index in [4.69, 9.17) is 0 Å². The van der Waals surface area contributed by atoms with Crippen molar-refractivity contribution in [3.63, 3.8) is 0 Å². The summed E-state index contributed by atoms with van der Waals surface area (Å²) < 4.78 is 129. The monoisotopic (exact) mass is 418 g/mol. The molecule has 0 spiro atoms. The molecule has 0 N–H and O–H groups in total. The van der Waals surface area contributed by atoms with Crippen LogP contribution < -0.4 is 0 Å². The van der Waals surface area contributed by atoms with Gasteiger partial charge in [0.25, 0.3) is 5.92 Å². The summed E-state index contributed by atoms with van der Waals surface area (Å²) in [5.74, 6) is -3.91. The van der Waals surface area contributed by atoms with E-state index >= 15 is 0 Å². The molecule has 0 amide bonds. The molecular weight excluding hydrogens is 408 g/mol. The third kappa shape index (κ3) is 4.40. The van der Waals surface area contributed by atoms with Crippen LogP contribution in [0.4, 0.5) is 35.1 Å². The van der Waals surface area contributed by atoms with Crippen molar-refractivity contribution in [3.05, 3.63) is 59.2 Å². The Bertz CT molecular complexity index is 954. The Morgan fingerprint density at radius 1 is 0.704 bits per heavy atom. The van der Waals surface area contributed by atoms with Gasteiger partial charge in [-0.15, -0.1) is 0 Å². The third-order valence-electron chi connectivity index (χ3n) is 3.55. The highest BCUT2D eigenvalue weighted by atomic mass is 32.2. The summed E-state index contributed by atoms with van der Waals surface area (Å²) in [6.45, 7) is 0.207. The second-order valence-electron chi connectivity index (χ2n) is 5.62. The lowest BCUT2D eigenvalue weighted by Gasteiger charge is -2.19. The van der Waals surface area contributed by atoms with Crippen molar-refractivity contribution in [3.8, 4) is 0 Å². The van der Waals surface area contributed by atoms with Gasteiger partial charge < -0.3 is 0 Å². The predicted octanol–water partition coefficient (Wildman–Crippen LogP) is 5.67. The average molecular weight is 418 g/mol. The van der Waals surface area contributed by atoms with E-state index in [1.807, 2.05) is 0 Å². The van der Waals surface area contributed by atoms with Gasteiger partial charge in [0.05, 0.1) is 20.9 Å². The van der Waals surface area contributed by atoms with Crippen molar-refractivity contribution in [2.75, 3.05) is 0 Å². The second-order valence-corrected chi connectivity index (χ2v) is 7.57. The predicted molar refractivity (Wildman–Crippen MR) is 77.9 cm³/mol. The average Bonchev–Trinajstić information content (AvgIpc) is 2.52. The molecule has 0 atom stereocenters. The zero-order chi connectivity index (χ0) is 20.8. The molecule has 11 heteroatoms. The molecule has 27 heavy (non-hydrogen) atoms. The number of sulfone groups is 1. The Labute approximate surface area is 148 Å². The maximum Gasteiger partial charge on any atom is 0.416 e. The molecule has 0 bridgehead atoms. The number of benzene rings is 2. The molecule has 0 heterocycles. The number of rotatable bonds is 3. The zero-order valence-corrected chi connectivity index (χ0v) is 14.1. The fraction of sp³-hybridized carbons (Fsp3) is 0.250. The van der Waals surface area contributed by atoms with Gasteiger partial charge in [-0.2, -0.15) is 26.3 Å². The highest BCUT2D eigenvalue weighted by Gasteiger charge is 2.41. The molecule has 0 fully saturated rings. The van der Waals surface area contributed by atoms with Crippen molar-refractivity contribution in [1.29, 1.82) is 0 Å². The van der Waals surface area contributed by atoms with E-state index in [2.05, 4.69) is 0 Å². The molecular formula is C16H10F8O2S. The smallest absolute Gasteiger partial charge is 0.219 e. The van der Waals surface area contributed by atoms with E-state index in [1.54, 1.807) is 0 Å². The Morgan fingerprint density at radius 2 is 1.26 bits per heavy atom. The van der Waals surface area contributed by atoms with Gasteiger partial charge >= 0.3 is 12.4 Å². The first kappa shape index (κ1) is 21.1. The summed E-state index contributed by atoms with van der Waals surface area (Å²) in [5, 5.41) is 0. The molecule has 0 unspecified atom stereocenters. The fourth-order valence-electron chi connectivity index (χ4n) is 2.28. The van der Waals surface area contributed by atoms with Crippen molar-refractivity contribution in [2.45, 2.75) is 35.0 Å². The van der Waals surface area contributed by atoms with Crippen LogP contribution in [0.25, 0.3) is 0 Å². The van der Waals surface area contributed by atoms with E-state index in [0.717, 1.165) is 12.1 Å². The normalized spacial score (nSPS) is 13.7. The number of alkyl halides is 8. The molecule has 0 aliphatic heterocycles. The van der Waals surface area contributed by atoms with E-state index < -0.39 is 54.6 Å². The first-order valence-corrected chi connectivity index (χ1v) is 8.55. The Morgan fingerprint density at radius 3 is 1.74 bits per heavy atom. The standard InChI is InChI=1S/C16H10F8O2S/c1-14(17,18)12-6-5-11(8-13(12)16(22,23)24)27(25,26)10-4-2-3-9(7-10)15(19,20)21/h2-8H,1H3. The second kappa shape index (κ2) is 6.47. The van der Waals surface area contributed by atoms with Crippen molar-refractivity contribution in [2.24, 2.45) is 0 Å². The lowest BCUT2D eigenvalue weighted by atomic mass is 10.0. The molecule has 0 aliphatic carbocycles. The first-order valence-electron chi connectivity index (χ1n) is 7.06. The highest BCUT2D eigenvalue weighted by molar-refractivity contribution is 7.91. The summed E-state index contributed by atoms with van der Waals surface area (Å²) in [6, 6.07) is 3.16. The SMILES string of the molecule is CC(F)(F)c1ccc(S(=O)(=O)c2cccc(C(F)(F)F)c2)cc1C(F)(F)F. The van der Waals surface area contributed by atoms with Gasteiger partial charge in [-0.1, -0.05) is 12.1 Å². The van der Waals surface area contributed by atoms with E-state index in [-0.39, 0.29) is 19.1 Å². The lowest BCUT2D eigenvalue weighted by Crippen LogP contribution is -2.18. The molecule has 0 aliphatic rings. The topological polar surface area (TPSA) is 34.1 Å². The zero-order valence-electron chi connectivity index (χ0n) is 13.3. The maximum atomic E-state index is 13.4. The summed E-state index contributed by atoms with van der Waals surface area (Å²) in [7, 11) is -4.81. The number of halogens is 8. The molecule has 0 aromatic heterocycles. The number of hydrogen-bond donors (Lipinski definition) is 0. The Kier molecular flexibility index (Phi) is 5.06. The molecule has 2 rings (SSSR count). The fourth-order valence-corrected chi connectivity index (χ4v) is 3.62. The van der Waals surface area contributed by atoms with Crippen LogP contribution >= 0.6 is 0 Å². The van der Waals surface area contributed by atoms with Gasteiger partial charge in [-0.3, -0.25) is 0 Å². The lowest BCUT2D eigenvalue weighted by molar-refractivity contribution is -0.141. The molecule has 148 valence electrons. The van der Waals surface area contributed by atoms with Crippen LogP contribution in [-0.2, 0) is 28.1 Å². The highest BCUT2D eigenvalue weighted by Crippen LogP contribution is 2.41. The summed E-state index contributed by atoms with van der Waals surface area (Å²) in [6.07, 6.45) is -10.2. The van der Waals surface area contributed by atoms with Crippen LogP contribution in [-0.4, -0.2) is 8.42 Å². The third-order valence-corrected chi connectivity index (χ3v) is 5.30. The molecule has 2 aromatic rings. The van der Waals surface area contributed by atoms with Gasteiger partial charge in [0, 0.05) is 12.5 Å². The van der Waals surface area contributed by atoms with Crippen molar-refractivity contribution >= 4 is 9.84 Å². The molecule has 2 aromatic carbocycles. The molecule has 0 saturated carbocycles. The number of hydrogen-bond acceptors (Lipinski definition) is 2. The van der Waals surface area contributed by atoms with E-state index in [9.17, 15) is 43.5 Å². The van der Waals surface area contributed by atoms with Crippen LogP contribution in [0.1, 0.15) is 23.6 Å². The summed E-state index contributed by atoms with van der Waals surface area (Å²) in [4.78, 5) is -1.97. The quantitative estimate of drug-likeness (QED) is 0.602.